The Morgan fingerprint density at radius 1 is 1.29 bits per heavy atom. The standard InChI is InChI=1S/C15H14BrNO4/c16-11-5-6-12-10(8-11)9-13(17(19)20)15(21-12)7-3-1-2-4-14(15)18/h5-6,8-9H,1-4,7H2. The van der Waals surface area contributed by atoms with Gasteiger partial charge in [0.25, 0.3) is 11.3 Å². The van der Waals surface area contributed by atoms with Gasteiger partial charge in [-0.3, -0.25) is 14.9 Å². The van der Waals surface area contributed by atoms with Crippen LogP contribution in [0.1, 0.15) is 37.7 Å². The highest BCUT2D eigenvalue weighted by Crippen LogP contribution is 2.42. The van der Waals surface area contributed by atoms with Gasteiger partial charge in [0, 0.05) is 29.0 Å². The van der Waals surface area contributed by atoms with Gasteiger partial charge in [0.2, 0.25) is 0 Å². The number of halogens is 1. The van der Waals surface area contributed by atoms with Crippen molar-refractivity contribution in [3.8, 4) is 5.75 Å². The van der Waals surface area contributed by atoms with Gasteiger partial charge in [0.15, 0.2) is 5.78 Å². The smallest absolute Gasteiger partial charge is 0.297 e. The molecule has 0 N–H and O–H groups in total. The molecular formula is C15H14BrNO4. The molecule has 0 aromatic heterocycles. The summed E-state index contributed by atoms with van der Waals surface area (Å²) in [5.41, 5.74) is -0.931. The van der Waals surface area contributed by atoms with Gasteiger partial charge in [-0.1, -0.05) is 22.4 Å². The van der Waals surface area contributed by atoms with Crippen LogP contribution in [0.2, 0.25) is 0 Å². The largest absolute Gasteiger partial charge is 0.467 e. The van der Waals surface area contributed by atoms with Crippen LogP contribution in [-0.4, -0.2) is 16.3 Å². The number of fused-ring (bicyclic) bond motifs is 1. The molecular weight excluding hydrogens is 338 g/mol. The second-order valence-corrected chi connectivity index (χ2v) is 6.30. The first-order valence-electron chi connectivity index (χ1n) is 6.91. The third kappa shape index (κ3) is 2.37. The van der Waals surface area contributed by atoms with Crippen molar-refractivity contribution in [2.24, 2.45) is 0 Å². The number of rotatable bonds is 1. The van der Waals surface area contributed by atoms with Gasteiger partial charge in [-0.15, -0.1) is 0 Å². The molecule has 0 amide bonds. The average Bonchev–Trinajstić information content (AvgIpc) is 2.62. The fraction of sp³-hybridized carbons (Fsp3) is 0.400. The van der Waals surface area contributed by atoms with Crippen molar-refractivity contribution in [3.05, 3.63) is 44.0 Å². The van der Waals surface area contributed by atoms with E-state index in [0.717, 1.165) is 23.7 Å². The topological polar surface area (TPSA) is 69.4 Å². The van der Waals surface area contributed by atoms with Crippen LogP contribution < -0.4 is 4.74 Å². The molecule has 110 valence electrons. The van der Waals surface area contributed by atoms with E-state index in [4.69, 9.17) is 4.74 Å². The fourth-order valence-electron chi connectivity index (χ4n) is 2.99. The van der Waals surface area contributed by atoms with E-state index < -0.39 is 10.5 Å². The third-order valence-corrected chi connectivity index (χ3v) is 4.54. The summed E-state index contributed by atoms with van der Waals surface area (Å²) in [5, 5.41) is 11.5. The Balaban J connectivity index is 2.16. The van der Waals surface area contributed by atoms with Crippen molar-refractivity contribution in [1.82, 2.24) is 0 Å². The summed E-state index contributed by atoms with van der Waals surface area (Å²) in [4.78, 5) is 23.5. The van der Waals surface area contributed by atoms with Crippen LogP contribution in [0.5, 0.6) is 5.75 Å². The monoisotopic (exact) mass is 351 g/mol. The van der Waals surface area contributed by atoms with E-state index in [0.29, 0.717) is 24.2 Å². The fourth-order valence-corrected chi connectivity index (χ4v) is 3.36. The molecule has 1 spiro atoms. The van der Waals surface area contributed by atoms with Crippen LogP contribution in [-0.2, 0) is 4.79 Å². The predicted molar refractivity (Wildman–Crippen MR) is 80.6 cm³/mol. The number of nitro groups is 1. The maximum Gasteiger partial charge on any atom is 0.297 e. The van der Waals surface area contributed by atoms with Crippen LogP contribution in [0, 0.1) is 10.1 Å². The molecule has 1 aliphatic heterocycles. The zero-order valence-corrected chi connectivity index (χ0v) is 12.9. The molecule has 1 unspecified atom stereocenters. The summed E-state index contributed by atoms with van der Waals surface area (Å²) in [6.45, 7) is 0. The van der Waals surface area contributed by atoms with Gasteiger partial charge >= 0.3 is 0 Å². The lowest BCUT2D eigenvalue weighted by molar-refractivity contribution is -0.439. The molecule has 1 aromatic rings. The van der Waals surface area contributed by atoms with Crippen LogP contribution in [0.25, 0.3) is 6.08 Å². The minimum absolute atomic E-state index is 0.139. The molecule has 1 saturated carbocycles. The van der Waals surface area contributed by atoms with E-state index in [1.807, 2.05) is 0 Å². The highest BCUT2D eigenvalue weighted by atomic mass is 79.9. The molecule has 6 heteroatoms. The minimum Gasteiger partial charge on any atom is -0.467 e. The van der Waals surface area contributed by atoms with Gasteiger partial charge in [0.05, 0.1) is 4.92 Å². The predicted octanol–water partition coefficient (Wildman–Crippen LogP) is 3.73. The van der Waals surface area contributed by atoms with E-state index in [-0.39, 0.29) is 11.5 Å². The lowest BCUT2D eigenvalue weighted by Gasteiger charge is -2.32. The zero-order valence-electron chi connectivity index (χ0n) is 11.3. The van der Waals surface area contributed by atoms with Crippen molar-refractivity contribution >= 4 is 27.8 Å². The van der Waals surface area contributed by atoms with E-state index in [1.54, 1.807) is 18.2 Å². The van der Waals surface area contributed by atoms with Crippen molar-refractivity contribution < 1.29 is 14.5 Å². The summed E-state index contributed by atoms with van der Waals surface area (Å²) < 4.78 is 6.71. The molecule has 0 saturated heterocycles. The number of benzene rings is 1. The van der Waals surface area contributed by atoms with Crippen molar-refractivity contribution in [2.45, 2.75) is 37.7 Å². The number of carbonyl (C=O) groups is 1. The van der Waals surface area contributed by atoms with Crippen molar-refractivity contribution in [1.29, 1.82) is 0 Å². The van der Waals surface area contributed by atoms with Crippen LogP contribution in [0.3, 0.4) is 0 Å². The quantitative estimate of drug-likeness (QED) is 0.570. The van der Waals surface area contributed by atoms with Gasteiger partial charge < -0.3 is 4.74 Å². The maximum absolute atomic E-state index is 12.5. The highest BCUT2D eigenvalue weighted by molar-refractivity contribution is 9.10. The first-order chi connectivity index (χ1) is 10.0. The van der Waals surface area contributed by atoms with Crippen LogP contribution >= 0.6 is 15.9 Å². The van der Waals surface area contributed by atoms with Crippen molar-refractivity contribution in [3.63, 3.8) is 0 Å². The molecule has 1 heterocycles. The molecule has 0 radical (unpaired) electrons. The molecule has 2 aliphatic rings. The number of ether oxygens (including phenoxy) is 1. The maximum atomic E-state index is 12.5. The van der Waals surface area contributed by atoms with E-state index in [1.165, 1.54) is 6.08 Å². The Kier molecular flexibility index (Phi) is 3.57. The number of nitrogens with zero attached hydrogens (tertiary/aromatic N) is 1. The Morgan fingerprint density at radius 2 is 2.10 bits per heavy atom. The molecule has 3 rings (SSSR count). The molecule has 1 aliphatic carbocycles. The second kappa shape index (κ2) is 5.26. The van der Waals surface area contributed by atoms with Gasteiger partial charge in [-0.05, 0) is 31.0 Å². The molecule has 1 atom stereocenters. The lowest BCUT2D eigenvalue weighted by atomic mass is 9.86. The Labute approximate surface area is 130 Å². The molecule has 1 fully saturated rings. The summed E-state index contributed by atoms with van der Waals surface area (Å²) in [7, 11) is 0. The first kappa shape index (κ1) is 14.3. The summed E-state index contributed by atoms with van der Waals surface area (Å²) >= 11 is 3.34. The summed E-state index contributed by atoms with van der Waals surface area (Å²) in [6, 6.07) is 5.30. The molecule has 21 heavy (non-hydrogen) atoms. The number of Topliss-reactive ketones (excluding diaryl/α,β-unsaturated/α-hetero) is 1. The number of hydrogen-bond donors (Lipinski definition) is 0. The van der Waals surface area contributed by atoms with Crippen molar-refractivity contribution in [2.75, 3.05) is 0 Å². The number of ketones is 1. The Morgan fingerprint density at radius 3 is 2.86 bits per heavy atom. The zero-order chi connectivity index (χ0) is 15.0. The lowest BCUT2D eigenvalue weighted by Crippen LogP contribution is -2.49. The SMILES string of the molecule is O=C1CCCCCC12Oc1ccc(Br)cc1C=C2[N+](=O)[O-]. The third-order valence-electron chi connectivity index (χ3n) is 4.04. The highest BCUT2D eigenvalue weighted by Gasteiger charge is 2.53. The van der Waals surface area contributed by atoms with E-state index in [2.05, 4.69) is 15.9 Å². The first-order valence-corrected chi connectivity index (χ1v) is 7.71. The second-order valence-electron chi connectivity index (χ2n) is 5.38. The van der Waals surface area contributed by atoms with Crippen LogP contribution in [0.4, 0.5) is 0 Å². The minimum atomic E-state index is -1.42. The average molecular weight is 352 g/mol. The normalized spacial score (nSPS) is 24.8. The number of hydrogen-bond acceptors (Lipinski definition) is 4. The molecule has 1 aromatic carbocycles. The number of carbonyl (C=O) groups excluding carboxylic acids is 1. The molecule has 5 nitrogen and oxygen atoms in total. The Hall–Kier alpha value is -1.69. The summed E-state index contributed by atoms with van der Waals surface area (Å²) in [5.74, 6) is 0.343. The van der Waals surface area contributed by atoms with Gasteiger partial charge in [-0.25, -0.2) is 0 Å². The molecule has 0 bridgehead atoms. The summed E-state index contributed by atoms with van der Waals surface area (Å²) in [6.07, 6.45) is 4.60. The van der Waals surface area contributed by atoms with Gasteiger partial charge in [0.1, 0.15) is 5.75 Å². The van der Waals surface area contributed by atoms with Crippen LogP contribution in [0.15, 0.2) is 28.4 Å². The van der Waals surface area contributed by atoms with Gasteiger partial charge in [-0.2, -0.15) is 0 Å². The Bertz CT molecular complexity index is 655. The van der Waals surface area contributed by atoms with E-state index >= 15 is 0 Å². The van der Waals surface area contributed by atoms with E-state index in [9.17, 15) is 14.9 Å².